The maximum absolute atomic E-state index is 10.9. The molecule has 72 valence electrons. The van der Waals surface area contributed by atoms with Crippen LogP contribution in [-0.2, 0) is 0 Å². The maximum Gasteiger partial charge on any atom is 0.337 e. The Balaban J connectivity index is 2.90. The smallest absolute Gasteiger partial charge is 0.337 e. The van der Waals surface area contributed by atoms with Gasteiger partial charge in [0.15, 0.2) is 0 Å². The molecule has 5 heteroatoms. The Bertz CT molecular complexity index is 519. The van der Waals surface area contributed by atoms with Crippen molar-refractivity contribution in [3.63, 3.8) is 0 Å². The molecule has 0 fully saturated rings. The van der Waals surface area contributed by atoms with Crippen LogP contribution in [0.25, 0.3) is 10.1 Å². The minimum Gasteiger partial charge on any atom is -0.478 e. The molecule has 14 heavy (non-hydrogen) atoms. The SMILES string of the molecule is O=C(O)c1csc2c(Br)ccc(Br)c12. The summed E-state index contributed by atoms with van der Waals surface area (Å²) in [5.41, 5.74) is 0.346. The normalized spacial score (nSPS) is 10.7. The molecule has 2 rings (SSSR count). The van der Waals surface area contributed by atoms with E-state index in [2.05, 4.69) is 31.9 Å². The zero-order valence-electron chi connectivity index (χ0n) is 6.75. The van der Waals surface area contributed by atoms with Crippen molar-refractivity contribution in [3.05, 3.63) is 32.0 Å². The van der Waals surface area contributed by atoms with E-state index in [-0.39, 0.29) is 0 Å². The lowest BCUT2D eigenvalue weighted by Crippen LogP contribution is -1.93. The van der Waals surface area contributed by atoms with Gasteiger partial charge in [-0.3, -0.25) is 0 Å². The van der Waals surface area contributed by atoms with E-state index in [1.165, 1.54) is 11.3 Å². The molecule has 2 nitrogen and oxygen atoms in total. The van der Waals surface area contributed by atoms with Crippen LogP contribution in [0.3, 0.4) is 0 Å². The highest BCUT2D eigenvalue weighted by Crippen LogP contribution is 2.37. The minimum atomic E-state index is -0.893. The Hall–Kier alpha value is -0.390. The lowest BCUT2D eigenvalue weighted by molar-refractivity contribution is 0.0699. The molecule has 1 heterocycles. The third-order valence-electron chi connectivity index (χ3n) is 1.85. The molecule has 0 unspecified atom stereocenters. The van der Waals surface area contributed by atoms with Gasteiger partial charge in [-0.2, -0.15) is 0 Å². The van der Waals surface area contributed by atoms with Gasteiger partial charge in [0.1, 0.15) is 0 Å². The fraction of sp³-hybridized carbons (Fsp3) is 0. The molecule has 1 aromatic carbocycles. The highest BCUT2D eigenvalue weighted by atomic mass is 79.9. The predicted octanol–water partition coefficient (Wildman–Crippen LogP) is 4.12. The van der Waals surface area contributed by atoms with Crippen molar-refractivity contribution in [2.75, 3.05) is 0 Å². The molecule has 0 aliphatic heterocycles. The number of hydrogen-bond donors (Lipinski definition) is 1. The molecule has 0 aliphatic rings. The predicted molar refractivity (Wildman–Crippen MR) is 64.2 cm³/mol. The first-order valence-electron chi connectivity index (χ1n) is 3.69. The largest absolute Gasteiger partial charge is 0.478 e. The van der Waals surface area contributed by atoms with Crippen molar-refractivity contribution in [1.82, 2.24) is 0 Å². The van der Waals surface area contributed by atoms with Gasteiger partial charge >= 0.3 is 5.97 Å². The molecule has 1 N–H and O–H groups in total. The summed E-state index contributed by atoms with van der Waals surface area (Å²) in [6, 6.07) is 3.74. The van der Waals surface area contributed by atoms with Crippen LogP contribution in [0.5, 0.6) is 0 Å². The van der Waals surface area contributed by atoms with Crippen LogP contribution >= 0.6 is 43.2 Å². The number of hydrogen-bond acceptors (Lipinski definition) is 2. The number of carboxylic acids is 1. The average molecular weight is 336 g/mol. The van der Waals surface area contributed by atoms with E-state index in [0.29, 0.717) is 5.56 Å². The van der Waals surface area contributed by atoms with Crippen molar-refractivity contribution < 1.29 is 9.90 Å². The van der Waals surface area contributed by atoms with Crippen LogP contribution in [-0.4, -0.2) is 11.1 Å². The van der Waals surface area contributed by atoms with E-state index in [4.69, 9.17) is 5.11 Å². The molecular formula is C9H4Br2O2S. The number of halogens is 2. The van der Waals surface area contributed by atoms with Gasteiger partial charge in [-0.05, 0) is 28.1 Å². The highest BCUT2D eigenvalue weighted by molar-refractivity contribution is 9.11. The summed E-state index contributed by atoms with van der Waals surface area (Å²) in [7, 11) is 0. The molecule has 0 amide bonds. The Kier molecular flexibility index (Phi) is 2.64. The Morgan fingerprint density at radius 1 is 1.29 bits per heavy atom. The second kappa shape index (κ2) is 3.64. The number of aromatic carboxylic acids is 1. The molecule has 0 saturated heterocycles. The zero-order chi connectivity index (χ0) is 10.3. The number of carboxylic acid groups (broad SMARTS) is 1. The van der Waals surface area contributed by atoms with Gasteiger partial charge in [-0.25, -0.2) is 4.79 Å². The van der Waals surface area contributed by atoms with Gasteiger partial charge in [-0.1, -0.05) is 15.9 Å². The highest BCUT2D eigenvalue weighted by Gasteiger charge is 2.14. The lowest BCUT2D eigenvalue weighted by Gasteiger charge is -1.98. The van der Waals surface area contributed by atoms with Gasteiger partial charge < -0.3 is 5.11 Å². The van der Waals surface area contributed by atoms with Gasteiger partial charge in [-0.15, -0.1) is 11.3 Å². The summed E-state index contributed by atoms with van der Waals surface area (Å²) in [5, 5.41) is 11.4. The van der Waals surface area contributed by atoms with Crippen LogP contribution in [0.2, 0.25) is 0 Å². The van der Waals surface area contributed by atoms with E-state index in [0.717, 1.165) is 19.0 Å². The second-order valence-corrected chi connectivity index (χ2v) is 5.28. The number of thiophene rings is 1. The minimum absolute atomic E-state index is 0.346. The standard InChI is InChI=1S/C9H4Br2O2S/c10-5-1-2-6(11)8-7(5)4(3-14-8)9(12)13/h1-3H,(H,12,13). The van der Waals surface area contributed by atoms with Crippen LogP contribution in [0, 0.1) is 0 Å². The number of fused-ring (bicyclic) bond motifs is 1. The first-order chi connectivity index (χ1) is 6.61. The van der Waals surface area contributed by atoms with Gasteiger partial charge in [0, 0.05) is 19.7 Å². The molecule has 0 spiro atoms. The number of benzene rings is 1. The van der Waals surface area contributed by atoms with Crippen LogP contribution < -0.4 is 0 Å². The molecule has 1 aromatic heterocycles. The maximum atomic E-state index is 10.9. The summed E-state index contributed by atoms with van der Waals surface area (Å²) in [5.74, 6) is -0.893. The molecule has 0 atom stereocenters. The fourth-order valence-corrected chi connectivity index (χ4v) is 3.49. The molecule has 0 radical (unpaired) electrons. The summed E-state index contributed by atoms with van der Waals surface area (Å²) in [6.07, 6.45) is 0. The monoisotopic (exact) mass is 334 g/mol. The van der Waals surface area contributed by atoms with Crippen LogP contribution in [0.4, 0.5) is 0 Å². The summed E-state index contributed by atoms with van der Waals surface area (Å²) < 4.78 is 2.69. The van der Waals surface area contributed by atoms with Crippen molar-refractivity contribution in [1.29, 1.82) is 0 Å². The first-order valence-corrected chi connectivity index (χ1v) is 6.16. The Morgan fingerprint density at radius 3 is 2.57 bits per heavy atom. The topological polar surface area (TPSA) is 37.3 Å². The van der Waals surface area contributed by atoms with Crippen molar-refractivity contribution in [2.45, 2.75) is 0 Å². The Labute approximate surface area is 101 Å². The van der Waals surface area contributed by atoms with Crippen molar-refractivity contribution >= 4 is 59.3 Å². The summed E-state index contributed by atoms with van der Waals surface area (Å²) in [4.78, 5) is 10.9. The lowest BCUT2D eigenvalue weighted by atomic mass is 10.2. The van der Waals surface area contributed by atoms with E-state index in [1.54, 1.807) is 5.38 Å². The summed E-state index contributed by atoms with van der Waals surface area (Å²) in [6.45, 7) is 0. The second-order valence-electron chi connectivity index (χ2n) is 2.69. The third kappa shape index (κ3) is 1.49. The molecular weight excluding hydrogens is 332 g/mol. The number of rotatable bonds is 1. The van der Waals surface area contributed by atoms with Crippen LogP contribution in [0.15, 0.2) is 26.5 Å². The van der Waals surface area contributed by atoms with Gasteiger partial charge in [0.05, 0.1) is 10.3 Å². The van der Waals surface area contributed by atoms with Gasteiger partial charge in [0.25, 0.3) is 0 Å². The van der Waals surface area contributed by atoms with E-state index in [1.807, 2.05) is 12.1 Å². The van der Waals surface area contributed by atoms with Crippen molar-refractivity contribution in [3.8, 4) is 0 Å². The zero-order valence-corrected chi connectivity index (χ0v) is 10.7. The fourth-order valence-electron chi connectivity index (χ4n) is 1.23. The average Bonchev–Trinajstić information content (AvgIpc) is 2.56. The van der Waals surface area contributed by atoms with E-state index < -0.39 is 5.97 Å². The van der Waals surface area contributed by atoms with Gasteiger partial charge in [0.2, 0.25) is 0 Å². The molecule has 2 aromatic rings. The van der Waals surface area contributed by atoms with Crippen LogP contribution in [0.1, 0.15) is 10.4 Å². The molecule has 0 bridgehead atoms. The van der Waals surface area contributed by atoms with E-state index >= 15 is 0 Å². The summed E-state index contributed by atoms with van der Waals surface area (Å²) >= 11 is 8.17. The molecule has 0 saturated carbocycles. The van der Waals surface area contributed by atoms with E-state index in [9.17, 15) is 4.79 Å². The first kappa shape index (κ1) is 10.1. The molecule has 0 aliphatic carbocycles. The van der Waals surface area contributed by atoms with Crippen molar-refractivity contribution in [2.24, 2.45) is 0 Å². The third-order valence-corrected chi connectivity index (χ3v) is 4.45. The Morgan fingerprint density at radius 2 is 1.93 bits per heavy atom. The quantitative estimate of drug-likeness (QED) is 0.851. The number of carbonyl (C=O) groups is 1.